The number of halogens is 1. The Bertz CT molecular complexity index is 539. The van der Waals surface area contributed by atoms with Crippen molar-refractivity contribution in [2.75, 3.05) is 18.9 Å². The molecule has 94 valence electrons. The van der Waals surface area contributed by atoms with Crippen molar-refractivity contribution >= 4 is 15.7 Å². The van der Waals surface area contributed by atoms with Gasteiger partial charge in [-0.05, 0) is 25.5 Å². The van der Waals surface area contributed by atoms with Gasteiger partial charge in [0.2, 0.25) is 0 Å². The summed E-state index contributed by atoms with van der Waals surface area (Å²) >= 11 is 0. The third-order valence-electron chi connectivity index (χ3n) is 2.59. The molecule has 1 fully saturated rings. The monoisotopic (exact) mass is 260 g/mol. The van der Waals surface area contributed by atoms with E-state index in [0.717, 1.165) is 10.5 Å². The van der Waals surface area contributed by atoms with Crippen molar-refractivity contribution in [2.24, 2.45) is 0 Å². The van der Waals surface area contributed by atoms with E-state index in [1.54, 1.807) is 0 Å². The Morgan fingerprint density at radius 3 is 2.76 bits per heavy atom. The minimum absolute atomic E-state index is 0.0506. The first-order valence-corrected chi connectivity index (χ1v) is 6.58. The topological polar surface area (TPSA) is 72.6 Å². The number of anilines is 1. The molecule has 1 saturated heterocycles. The normalized spacial score (nSPS) is 17.5. The van der Waals surface area contributed by atoms with Crippen LogP contribution in [-0.2, 0) is 14.9 Å². The van der Waals surface area contributed by atoms with Crippen LogP contribution in [0.15, 0.2) is 17.0 Å². The van der Waals surface area contributed by atoms with E-state index in [9.17, 15) is 12.8 Å². The summed E-state index contributed by atoms with van der Waals surface area (Å²) in [7, 11) is -3.82. The second-order valence-corrected chi connectivity index (χ2v) is 5.64. The number of rotatable bonds is 2. The summed E-state index contributed by atoms with van der Waals surface area (Å²) in [6.07, 6.45) is 0.628. The maximum atomic E-state index is 13.5. The van der Waals surface area contributed by atoms with E-state index in [1.165, 1.54) is 13.0 Å². The molecule has 2 N–H and O–H groups in total. The molecule has 0 aromatic heterocycles. The molecular formula is C10H13FN2O3S. The zero-order valence-electron chi connectivity index (χ0n) is 9.31. The molecule has 1 aromatic rings. The first-order chi connectivity index (χ1) is 7.93. The van der Waals surface area contributed by atoms with Gasteiger partial charge in [0.25, 0.3) is 10.0 Å². The molecule has 2 rings (SSSR count). The van der Waals surface area contributed by atoms with E-state index in [4.69, 9.17) is 10.6 Å². The lowest BCUT2D eigenvalue weighted by Crippen LogP contribution is -2.27. The quantitative estimate of drug-likeness (QED) is 0.806. The van der Waals surface area contributed by atoms with E-state index < -0.39 is 15.8 Å². The van der Waals surface area contributed by atoms with Crippen LogP contribution in [-0.4, -0.2) is 26.0 Å². The van der Waals surface area contributed by atoms with Crippen LogP contribution < -0.4 is 5.73 Å². The average Bonchev–Trinajstić information content (AvgIpc) is 2.76. The van der Waals surface area contributed by atoms with Gasteiger partial charge in [-0.3, -0.25) is 4.84 Å². The van der Waals surface area contributed by atoms with Gasteiger partial charge in [-0.15, -0.1) is 0 Å². The molecule has 17 heavy (non-hydrogen) atoms. The van der Waals surface area contributed by atoms with Gasteiger partial charge in [0.1, 0.15) is 5.82 Å². The third-order valence-corrected chi connectivity index (χ3v) is 4.39. The van der Waals surface area contributed by atoms with Gasteiger partial charge >= 0.3 is 0 Å². The zero-order chi connectivity index (χ0) is 12.6. The Morgan fingerprint density at radius 2 is 2.18 bits per heavy atom. The molecule has 0 atom stereocenters. The average molecular weight is 260 g/mol. The standard InChI is InChI=1S/C10H13FN2O3S/c1-7-9(11)5-8(12)6-10(7)17(14,15)13-3-2-4-16-13/h5-6H,2-4,12H2,1H3. The van der Waals surface area contributed by atoms with Gasteiger partial charge in [0, 0.05) is 17.8 Å². The second-order valence-electron chi connectivity index (χ2n) is 3.84. The summed E-state index contributed by atoms with van der Waals surface area (Å²) in [6.45, 7) is 2.03. The highest BCUT2D eigenvalue weighted by molar-refractivity contribution is 7.89. The van der Waals surface area contributed by atoms with Crippen molar-refractivity contribution in [2.45, 2.75) is 18.2 Å². The van der Waals surface area contributed by atoms with Crippen LogP contribution in [0.3, 0.4) is 0 Å². The SMILES string of the molecule is Cc1c(F)cc(N)cc1S(=O)(=O)N1CCCO1. The molecule has 1 aliphatic heterocycles. The summed E-state index contributed by atoms with van der Waals surface area (Å²) in [5.41, 5.74) is 5.59. The predicted molar refractivity (Wildman–Crippen MR) is 60.0 cm³/mol. The van der Waals surface area contributed by atoms with Gasteiger partial charge in [0.15, 0.2) is 0 Å². The van der Waals surface area contributed by atoms with Gasteiger partial charge in [-0.2, -0.15) is 0 Å². The van der Waals surface area contributed by atoms with E-state index in [0.29, 0.717) is 13.0 Å². The molecule has 0 aliphatic carbocycles. The molecule has 0 spiro atoms. The fourth-order valence-corrected chi connectivity index (χ4v) is 3.24. The smallest absolute Gasteiger partial charge is 0.265 e. The van der Waals surface area contributed by atoms with E-state index in [2.05, 4.69) is 0 Å². The molecule has 0 amide bonds. The van der Waals surface area contributed by atoms with Gasteiger partial charge in [0.05, 0.1) is 11.5 Å². The first-order valence-electron chi connectivity index (χ1n) is 5.14. The van der Waals surface area contributed by atoms with Gasteiger partial charge < -0.3 is 5.73 Å². The van der Waals surface area contributed by atoms with Crippen LogP contribution in [0.2, 0.25) is 0 Å². The fourth-order valence-electron chi connectivity index (χ4n) is 1.67. The summed E-state index contributed by atoms with van der Waals surface area (Å²) in [4.78, 5) is 4.85. The molecule has 5 nitrogen and oxygen atoms in total. The fraction of sp³-hybridized carbons (Fsp3) is 0.400. The molecule has 0 saturated carbocycles. The van der Waals surface area contributed by atoms with Gasteiger partial charge in [-0.25, -0.2) is 12.8 Å². The number of nitrogens with zero attached hydrogens (tertiary/aromatic N) is 1. The van der Waals surface area contributed by atoms with E-state index in [-0.39, 0.29) is 22.7 Å². The van der Waals surface area contributed by atoms with Crippen molar-refractivity contribution in [3.05, 3.63) is 23.5 Å². The van der Waals surface area contributed by atoms with Crippen LogP contribution in [0.4, 0.5) is 10.1 Å². The Morgan fingerprint density at radius 1 is 1.47 bits per heavy atom. The highest BCUT2D eigenvalue weighted by Gasteiger charge is 2.31. The van der Waals surface area contributed by atoms with Crippen molar-refractivity contribution < 1.29 is 17.6 Å². The number of hydroxylamine groups is 1. The third kappa shape index (κ3) is 2.13. The number of nitrogens with two attached hydrogens (primary N) is 1. The lowest BCUT2D eigenvalue weighted by Gasteiger charge is -2.16. The highest BCUT2D eigenvalue weighted by Crippen LogP contribution is 2.26. The maximum Gasteiger partial charge on any atom is 0.265 e. The lowest BCUT2D eigenvalue weighted by molar-refractivity contribution is -0.0285. The summed E-state index contributed by atoms with van der Waals surface area (Å²) < 4.78 is 38.6. The second kappa shape index (κ2) is 4.25. The van der Waals surface area contributed by atoms with E-state index >= 15 is 0 Å². The number of sulfonamides is 1. The van der Waals surface area contributed by atoms with Crippen LogP contribution >= 0.6 is 0 Å². The molecule has 1 heterocycles. The predicted octanol–water partition coefficient (Wildman–Crippen LogP) is 1.04. The summed E-state index contributed by atoms with van der Waals surface area (Å²) in [5, 5.41) is 0. The molecule has 0 bridgehead atoms. The van der Waals surface area contributed by atoms with Crippen LogP contribution in [0, 0.1) is 12.7 Å². The molecular weight excluding hydrogens is 247 g/mol. The number of hydrogen-bond acceptors (Lipinski definition) is 4. The number of hydrogen-bond donors (Lipinski definition) is 1. The Hall–Kier alpha value is -1.18. The van der Waals surface area contributed by atoms with Crippen LogP contribution in [0.1, 0.15) is 12.0 Å². The minimum Gasteiger partial charge on any atom is -0.399 e. The first kappa shape index (κ1) is 12.3. The van der Waals surface area contributed by atoms with Crippen LogP contribution in [0.5, 0.6) is 0 Å². The Labute approximate surface area is 99.0 Å². The van der Waals surface area contributed by atoms with Gasteiger partial charge in [-0.1, -0.05) is 4.47 Å². The highest BCUT2D eigenvalue weighted by atomic mass is 32.2. The number of nitrogen functional groups attached to an aromatic ring is 1. The van der Waals surface area contributed by atoms with Crippen molar-refractivity contribution in [3.63, 3.8) is 0 Å². The van der Waals surface area contributed by atoms with Crippen LogP contribution in [0.25, 0.3) is 0 Å². The molecule has 1 aliphatic rings. The summed E-state index contributed by atoms with van der Waals surface area (Å²) in [6, 6.07) is 2.34. The molecule has 1 aromatic carbocycles. The zero-order valence-corrected chi connectivity index (χ0v) is 10.1. The maximum absolute atomic E-state index is 13.5. The minimum atomic E-state index is -3.82. The van der Waals surface area contributed by atoms with Crippen molar-refractivity contribution in [1.82, 2.24) is 4.47 Å². The van der Waals surface area contributed by atoms with Crippen molar-refractivity contribution in [3.8, 4) is 0 Å². The summed E-state index contributed by atoms with van der Waals surface area (Å²) in [5.74, 6) is -0.636. The molecule has 0 unspecified atom stereocenters. The Balaban J connectivity index is 2.52. The van der Waals surface area contributed by atoms with E-state index in [1.807, 2.05) is 0 Å². The largest absolute Gasteiger partial charge is 0.399 e. The Kier molecular flexibility index (Phi) is 3.07. The lowest BCUT2D eigenvalue weighted by atomic mass is 10.2. The molecule has 0 radical (unpaired) electrons. The molecule has 7 heteroatoms. The van der Waals surface area contributed by atoms with Crippen molar-refractivity contribution in [1.29, 1.82) is 0 Å². The number of benzene rings is 1.